The van der Waals surface area contributed by atoms with Gasteiger partial charge in [0.05, 0.1) is 10.7 Å². The molecule has 1 saturated carbocycles. The summed E-state index contributed by atoms with van der Waals surface area (Å²) in [6.07, 6.45) is 6.95. The number of fused-ring (bicyclic) bond motifs is 2. The number of rotatable bonds is 4. The summed E-state index contributed by atoms with van der Waals surface area (Å²) >= 11 is 6.66. The van der Waals surface area contributed by atoms with Gasteiger partial charge in [0.2, 0.25) is 0 Å². The molecule has 0 aliphatic heterocycles. The van der Waals surface area contributed by atoms with Gasteiger partial charge in [0.25, 0.3) is 0 Å². The molecule has 2 heterocycles. The molecule has 2 aromatic carbocycles. The first-order valence-electron chi connectivity index (χ1n) is 12.1. The van der Waals surface area contributed by atoms with E-state index in [1.165, 1.54) is 0 Å². The third-order valence-electron chi connectivity index (χ3n) is 6.35. The third kappa shape index (κ3) is 5.38. The molecule has 0 spiro atoms. The van der Waals surface area contributed by atoms with Crippen molar-refractivity contribution in [3.8, 4) is 11.3 Å². The van der Waals surface area contributed by atoms with Crippen molar-refractivity contribution >= 4 is 45.1 Å². The van der Waals surface area contributed by atoms with Crippen LogP contribution in [0, 0.1) is 0 Å². The van der Waals surface area contributed by atoms with E-state index in [9.17, 15) is 4.79 Å². The van der Waals surface area contributed by atoms with Crippen LogP contribution in [0.2, 0.25) is 5.02 Å². The average Bonchev–Trinajstić information content (AvgIpc) is 3.23. The van der Waals surface area contributed by atoms with Crippen molar-refractivity contribution in [3.63, 3.8) is 0 Å². The van der Waals surface area contributed by atoms with Gasteiger partial charge in [-0.05, 0) is 76.1 Å². The molecule has 1 aliphatic rings. The SMILES string of the molecule is CC(C)(C)OC(=O)NC1CCC(Nc2cc3c(-c4cc5ccccc5o4)cncc3cc2Cl)CC1. The standard InChI is InChI=1S/C28H30ClN3O3/c1-28(2,3)35-27(33)32-20-10-8-19(9-11-20)31-24-14-21-18(12-23(24)29)15-30-16-22(21)26-13-17-6-4-5-7-25(17)34-26/h4-7,12-16,19-20,31H,8-11H2,1-3H3,(H,32,33). The van der Waals surface area contributed by atoms with E-state index >= 15 is 0 Å². The number of hydrogen-bond acceptors (Lipinski definition) is 5. The molecular weight excluding hydrogens is 462 g/mol. The summed E-state index contributed by atoms with van der Waals surface area (Å²) in [5, 5.41) is 10.3. The van der Waals surface area contributed by atoms with Crippen LogP contribution in [-0.4, -0.2) is 28.8 Å². The minimum absolute atomic E-state index is 0.126. The smallest absolute Gasteiger partial charge is 0.407 e. The Hall–Kier alpha value is -3.25. The molecule has 2 aromatic heterocycles. The van der Waals surface area contributed by atoms with Crippen LogP contribution in [0.1, 0.15) is 46.5 Å². The predicted octanol–water partition coefficient (Wildman–Crippen LogP) is 7.55. The van der Waals surface area contributed by atoms with E-state index in [4.69, 9.17) is 20.8 Å². The maximum absolute atomic E-state index is 12.1. The molecule has 7 heteroatoms. The van der Waals surface area contributed by atoms with Crippen LogP contribution in [0.5, 0.6) is 0 Å². The second-order valence-electron chi connectivity index (χ2n) is 10.2. The molecule has 182 valence electrons. The van der Waals surface area contributed by atoms with Crippen LogP contribution in [0.3, 0.4) is 0 Å². The minimum Gasteiger partial charge on any atom is -0.456 e. The van der Waals surface area contributed by atoms with Gasteiger partial charge in [-0.1, -0.05) is 29.8 Å². The van der Waals surface area contributed by atoms with Gasteiger partial charge in [0.1, 0.15) is 16.9 Å². The number of para-hydroxylation sites is 1. The lowest BCUT2D eigenvalue weighted by molar-refractivity contribution is 0.0492. The number of hydrogen-bond donors (Lipinski definition) is 2. The largest absolute Gasteiger partial charge is 0.456 e. The van der Waals surface area contributed by atoms with E-state index < -0.39 is 5.60 Å². The van der Waals surface area contributed by atoms with Crippen LogP contribution in [0.4, 0.5) is 10.5 Å². The quantitative estimate of drug-likeness (QED) is 0.308. The van der Waals surface area contributed by atoms with Crippen molar-refractivity contribution in [2.75, 3.05) is 5.32 Å². The summed E-state index contributed by atoms with van der Waals surface area (Å²) < 4.78 is 11.5. The van der Waals surface area contributed by atoms with Crippen LogP contribution >= 0.6 is 11.6 Å². The number of carbonyl (C=O) groups excluding carboxylic acids is 1. The van der Waals surface area contributed by atoms with Crippen LogP contribution < -0.4 is 10.6 Å². The van der Waals surface area contributed by atoms with Crippen LogP contribution in [0.15, 0.2) is 59.3 Å². The van der Waals surface area contributed by atoms with E-state index in [1.54, 1.807) is 0 Å². The van der Waals surface area contributed by atoms with E-state index in [1.807, 2.05) is 69.6 Å². The molecule has 6 nitrogen and oxygen atoms in total. The van der Waals surface area contributed by atoms with E-state index in [0.717, 1.165) is 64.4 Å². The zero-order chi connectivity index (χ0) is 24.6. The molecule has 0 bridgehead atoms. The Balaban J connectivity index is 1.32. The van der Waals surface area contributed by atoms with Gasteiger partial charge in [-0.2, -0.15) is 0 Å². The van der Waals surface area contributed by atoms with Crippen molar-refractivity contribution in [2.24, 2.45) is 0 Å². The van der Waals surface area contributed by atoms with Crippen molar-refractivity contribution in [1.29, 1.82) is 0 Å². The number of furan rings is 1. The summed E-state index contributed by atoms with van der Waals surface area (Å²) in [5.74, 6) is 0.784. The number of nitrogens with zero attached hydrogens (tertiary/aromatic N) is 1. The number of nitrogens with one attached hydrogen (secondary N) is 2. The lowest BCUT2D eigenvalue weighted by atomic mass is 9.91. The number of alkyl carbamates (subject to hydrolysis) is 1. The van der Waals surface area contributed by atoms with E-state index in [2.05, 4.69) is 21.7 Å². The Kier molecular flexibility index (Phi) is 6.32. The van der Waals surface area contributed by atoms with Crippen molar-refractivity contribution in [1.82, 2.24) is 10.3 Å². The second kappa shape index (κ2) is 9.42. The Morgan fingerprint density at radius 2 is 1.77 bits per heavy atom. The average molecular weight is 492 g/mol. The molecule has 0 unspecified atom stereocenters. The molecule has 2 N–H and O–H groups in total. The lowest BCUT2D eigenvalue weighted by Gasteiger charge is -2.31. The number of halogens is 1. The Morgan fingerprint density at radius 1 is 1.03 bits per heavy atom. The first kappa shape index (κ1) is 23.5. The van der Waals surface area contributed by atoms with Crippen molar-refractivity contribution in [2.45, 2.75) is 64.1 Å². The topological polar surface area (TPSA) is 76.4 Å². The number of aromatic nitrogens is 1. The lowest BCUT2D eigenvalue weighted by Crippen LogP contribution is -2.42. The summed E-state index contributed by atoms with van der Waals surface area (Å²) in [6, 6.07) is 14.5. The second-order valence-corrected chi connectivity index (χ2v) is 10.6. The van der Waals surface area contributed by atoms with Gasteiger partial charge in [-0.15, -0.1) is 0 Å². The number of carbonyl (C=O) groups is 1. The van der Waals surface area contributed by atoms with Gasteiger partial charge in [0, 0.05) is 40.8 Å². The molecule has 5 rings (SSSR count). The molecule has 4 aromatic rings. The zero-order valence-corrected chi connectivity index (χ0v) is 21.0. The summed E-state index contributed by atoms with van der Waals surface area (Å²) in [5.41, 5.74) is 2.19. The Bertz CT molecular complexity index is 1330. The van der Waals surface area contributed by atoms with Crippen LogP contribution in [-0.2, 0) is 4.74 Å². The highest BCUT2D eigenvalue weighted by atomic mass is 35.5. The molecule has 1 fully saturated rings. The van der Waals surface area contributed by atoms with E-state index in [0.29, 0.717) is 5.02 Å². The molecule has 1 aliphatic carbocycles. The molecule has 0 radical (unpaired) electrons. The van der Waals surface area contributed by atoms with Gasteiger partial charge < -0.3 is 19.8 Å². The Labute approximate surface area is 210 Å². The highest BCUT2D eigenvalue weighted by molar-refractivity contribution is 6.34. The third-order valence-corrected chi connectivity index (χ3v) is 6.66. The van der Waals surface area contributed by atoms with E-state index in [-0.39, 0.29) is 18.2 Å². The Morgan fingerprint density at radius 3 is 2.51 bits per heavy atom. The summed E-state index contributed by atoms with van der Waals surface area (Å²) in [6.45, 7) is 5.61. The van der Waals surface area contributed by atoms with Crippen LogP contribution in [0.25, 0.3) is 33.1 Å². The molecule has 1 amide bonds. The van der Waals surface area contributed by atoms with Crippen molar-refractivity contribution in [3.05, 3.63) is 59.9 Å². The first-order chi connectivity index (χ1) is 16.7. The fraction of sp³-hybridized carbons (Fsp3) is 0.357. The first-order valence-corrected chi connectivity index (χ1v) is 12.5. The number of amides is 1. The highest BCUT2D eigenvalue weighted by Crippen LogP contribution is 2.37. The number of pyridine rings is 1. The number of ether oxygens (including phenoxy) is 1. The maximum Gasteiger partial charge on any atom is 0.407 e. The normalized spacial score (nSPS) is 18.5. The zero-order valence-electron chi connectivity index (χ0n) is 20.2. The summed E-state index contributed by atoms with van der Waals surface area (Å²) in [4.78, 5) is 16.5. The molecule has 35 heavy (non-hydrogen) atoms. The maximum atomic E-state index is 12.1. The monoisotopic (exact) mass is 491 g/mol. The fourth-order valence-corrected chi connectivity index (χ4v) is 4.91. The van der Waals surface area contributed by atoms with Crippen molar-refractivity contribution < 1.29 is 13.9 Å². The van der Waals surface area contributed by atoms with Gasteiger partial charge >= 0.3 is 6.09 Å². The summed E-state index contributed by atoms with van der Waals surface area (Å²) in [7, 11) is 0. The minimum atomic E-state index is -0.494. The highest BCUT2D eigenvalue weighted by Gasteiger charge is 2.25. The fourth-order valence-electron chi connectivity index (χ4n) is 4.69. The number of benzene rings is 2. The van der Waals surface area contributed by atoms with Gasteiger partial charge in [-0.3, -0.25) is 4.98 Å². The molecule has 0 atom stereocenters. The number of anilines is 1. The predicted molar refractivity (Wildman–Crippen MR) is 141 cm³/mol. The van der Waals surface area contributed by atoms with Gasteiger partial charge in [0.15, 0.2) is 0 Å². The molecule has 0 saturated heterocycles. The van der Waals surface area contributed by atoms with Gasteiger partial charge in [-0.25, -0.2) is 4.79 Å². The molecular formula is C28H30ClN3O3.